The number of benzene rings is 4. The zero-order valence-electron chi connectivity index (χ0n) is 23.8. The summed E-state index contributed by atoms with van der Waals surface area (Å²) < 4.78 is 24.8. The Balaban J connectivity index is 1.46. The van der Waals surface area contributed by atoms with Gasteiger partial charge >= 0.3 is 11.9 Å². The van der Waals surface area contributed by atoms with Gasteiger partial charge in [0.15, 0.2) is 24.7 Å². The second-order valence-corrected chi connectivity index (χ2v) is 13.7. The van der Waals surface area contributed by atoms with E-state index in [4.69, 9.17) is 18.9 Å². The van der Waals surface area contributed by atoms with E-state index in [-0.39, 0.29) is 13.2 Å². The number of carbonyl (C=O) groups is 2. The van der Waals surface area contributed by atoms with Crippen molar-refractivity contribution in [1.29, 1.82) is 0 Å². The molecule has 0 aromatic heterocycles. The molecular formula is C33H28Br4O6. The van der Waals surface area contributed by atoms with Crippen molar-refractivity contribution in [3.63, 3.8) is 0 Å². The molecule has 4 aromatic rings. The molecule has 0 amide bonds. The second-order valence-electron chi connectivity index (χ2n) is 10.3. The lowest BCUT2D eigenvalue weighted by molar-refractivity contribution is -0.137. The first kappa shape index (κ1) is 33.2. The molecule has 43 heavy (non-hydrogen) atoms. The van der Waals surface area contributed by atoms with Gasteiger partial charge in [-0.1, -0.05) is 38.1 Å². The second kappa shape index (κ2) is 14.4. The van der Waals surface area contributed by atoms with Gasteiger partial charge in [0, 0.05) is 5.41 Å². The van der Waals surface area contributed by atoms with Crippen LogP contribution in [0, 0.1) is 13.8 Å². The molecule has 10 heteroatoms. The van der Waals surface area contributed by atoms with Gasteiger partial charge in [-0.2, -0.15) is 0 Å². The number of hydrogen-bond acceptors (Lipinski definition) is 6. The van der Waals surface area contributed by atoms with E-state index in [0.717, 1.165) is 22.3 Å². The average molecular weight is 840 g/mol. The number of halogens is 4. The normalized spacial score (nSPS) is 11.2. The molecular weight excluding hydrogens is 812 g/mol. The van der Waals surface area contributed by atoms with Crippen molar-refractivity contribution in [2.75, 3.05) is 13.2 Å². The number of esters is 2. The first-order valence-corrected chi connectivity index (χ1v) is 16.3. The Bertz CT molecular complexity index is 1500. The van der Waals surface area contributed by atoms with E-state index < -0.39 is 17.4 Å². The molecule has 0 aliphatic carbocycles. The molecule has 0 radical (unpaired) electrons. The Labute approximate surface area is 284 Å². The van der Waals surface area contributed by atoms with Crippen LogP contribution in [-0.4, -0.2) is 25.2 Å². The molecule has 6 nitrogen and oxygen atoms in total. The fourth-order valence-electron chi connectivity index (χ4n) is 4.18. The molecule has 0 fully saturated rings. The highest BCUT2D eigenvalue weighted by Crippen LogP contribution is 2.44. The van der Waals surface area contributed by atoms with Crippen LogP contribution in [0.2, 0.25) is 0 Å². The van der Waals surface area contributed by atoms with Gasteiger partial charge in [-0.05, 0) is 148 Å². The van der Waals surface area contributed by atoms with Crippen molar-refractivity contribution in [2.24, 2.45) is 0 Å². The third-order valence-corrected chi connectivity index (χ3v) is 8.92. The minimum atomic E-state index is -0.530. The van der Waals surface area contributed by atoms with Gasteiger partial charge in [0.25, 0.3) is 0 Å². The Morgan fingerprint density at radius 2 is 0.953 bits per heavy atom. The molecule has 4 rings (SSSR count). The molecule has 0 heterocycles. The monoisotopic (exact) mass is 836 g/mol. The van der Waals surface area contributed by atoms with Crippen LogP contribution in [0.25, 0.3) is 0 Å². The lowest BCUT2D eigenvalue weighted by Gasteiger charge is -2.28. The zero-order chi connectivity index (χ0) is 31.3. The van der Waals surface area contributed by atoms with E-state index in [1.807, 2.05) is 74.5 Å². The van der Waals surface area contributed by atoms with Gasteiger partial charge in [-0.15, -0.1) is 0 Å². The molecule has 0 saturated carbocycles. The smallest absolute Gasteiger partial charge is 0.349 e. The standard InChI is InChI=1S/C33H28Br4O6/c1-19-7-5-9-23(11-19)40-17-29(38)42-31-25(34)13-21(14-26(31)35)33(3,4)22-15-27(36)32(28(37)16-22)43-30(39)18-41-24-10-6-8-20(2)12-24/h5-16H,17-18H2,1-4H3. The highest BCUT2D eigenvalue weighted by atomic mass is 79.9. The maximum Gasteiger partial charge on any atom is 0.349 e. The minimum Gasteiger partial charge on any atom is -0.482 e. The van der Waals surface area contributed by atoms with E-state index in [2.05, 4.69) is 77.6 Å². The predicted octanol–water partition coefficient (Wildman–Crippen LogP) is 9.65. The predicted molar refractivity (Wildman–Crippen MR) is 180 cm³/mol. The molecule has 0 saturated heterocycles. The fourth-order valence-corrected chi connectivity index (χ4v) is 6.88. The number of hydrogen-bond donors (Lipinski definition) is 0. The van der Waals surface area contributed by atoms with Crippen molar-refractivity contribution < 1.29 is 28.5 Å². The van der Waals surface area contributed by atoms with E-state index in [0.29, 0.717) is 40.9 Å². The summed E-state index contributed by atoms with van der Waals surface area (Å²) in [6.45, 7) is 7.58. The molecule has 0 unspecified atom stereocenters. The SMILES string of the molecule is Cc1cccc(OCC(=O)Oc2c(Br)cc(C(C)(C)c3cc(Br)c(OC(=O)COc4cccc(C)c4)c(Br)c3)cc2Br)c1. The quantitative estimate of drug-likeness (QED) is 0.117. The van der Waals surface area contributed by atoms with Crippen LogP contribution in [0.15, 0.2) is 90.7 Å². The van der Waals surface area contributed by atoms with Crippen molar-refractivity contribution >= 4 is 75.7 Å². The molecule has 0 spiro atoms. The third-order valence-electron chi connectivity index (χ3n) is 6.56. The average Bonchev–Trinajstić information content (AvgIpc) is 2.94. The molecule has 4 aromatic carbocycles. The van der Waals surface area contributed by atoms with E-state index in [1.54, 1.807) is 12.1 Å². The summed E-state index contributed by atoms with van der Waals surface area (Å²) in [6.07, 6.45) is 0. The van der Waals surface area contributed by atoms with Crippen LogP contribution in [0.5, 0.6) is 23.0 Å². The number of carbonyl (C=O) groups excluding carboxylic acids is 2. The van der Waals surface area contributed by atoms with Crippen molar-refractivity contribution in [2.45, 2.75) is 33.1 Å². The first-order valence-electron chi connectivity index (χ1n) is 13.1. The van der Waals surface area contributed by atoms with Gasteiger partial charge < -0.3 is 18.9 Å². The minimum absolute atomic E-state index is 0.230. The van der Waals surface area contributed by atoms with Crippen molar-refractivity contribution in [3.05, 3.63) is 113 Å². The summed E-state index contributed by atoms with van der Waals surface area (Å²) in [4.78, 5) is 25.1. The molecule has 0 aliphatic rings. The lowest BCUT2D eigenvalue weighted by atomic mass is 9.78. The highest BCUT2D eigenvalue weighted by Gasteiger charge is 2.28. The highest BCUT2D eigenvalue weighted by molar-refractivity contribution is 9.11. The van der Waals surface area contributed by atoms with Crippen molar-refractivity contribution in [1.82, 2.24) is 0 Å². The Morgan fingerprint density at radius 1 is 0.605 bits per heavy atom. The fraction of sp³-hybridized carbons (Fsp3) is 0.212. The first-order chi connectivity index (χ1) is 20.3. The molecule has 0 aliphatic heterocycles. The van der Waals surface area contributed by atoms with Gasteiger partial charge in [-0.3, -0.25) is 0 Å². The third kappa shape index (κ3) is 8.71. The van der Waals surface area contributed by atoms with Gasteiger partial charge in [-0.25, -0.2) is 9.59 Å². The van der Waals surface area contributed by atoms with Crippen molar-refractivity contribution in [3.8, 4) is 23.0 Å². The lowest BCUT2D eigenvalue weighted by Crippen LogP contribution is -2.21. The van der Waals surface area contributed by atoms with E-state index >= 15 is 0 Å². The van der Waals surface area contributed by atoms with Gasteiger partial charge in [0.05, 0.1) is 17.9 Å². The zero-order valence-corrected chi connectivity index (χ0v) is 30.1. The van der Waals surface area contributed by atoms with Crippen LogP contribution in [0.1, 0.15) is 36.1 Å². The van der Waals surface area contributed by atoms with Crippen LogP contribution < -0.4 is 18.9 Å². The van der Waals surface area contributed by atoms with Crippen LogP contribution in [0.4, 0.5) is 0 Å². The largest absolute Gasteiger partial charge is 0.482 e. The number of rotatable bonds is 10. The summed E-state index contributed by atoms with van der Waals surface area (Å²) in [5, 5.41) is 0. The Kier molecular flexibility index (Phi) is 11.1. The van der Waals surface area contributed by atoms with Gasteiger partial charge in [0.2, 0.25) is 0 Å². The maximum absolute atomic E-state index is 12.5. The summed E-state index contributed by atoms with van der Waals surface area (Å²) in [6, 6.07) is 22.6. The Morgan fingerprint density at radius 3 is 1.28 bits per heavy atom. The molecule has 0 atom stereocenters. The number of ether oxygens (including phenoxy) is 4. The van der Waals surface area contributed by atoms with Crippen LogP contribution in [-0.2, 0) is 15.0 Å². The number of aryl methyl sites for hydroxylation is 2. The molecule has 0 N–H and O–H groups in total. The Hall–Kier alpha value is -2.66. The van der Waals surface area contributed by atoms with E-state index in [1.165, 1.54) is 0 Å². The summed E-state index contributed by atoms with van der Waals surface area (Å²) >= 11 is 14.3. The van der Waals surface area contributed by atoms with Crippen LogP contribution in [0.3, 0.4) is 0 Å². The summed E-state index contributed by atoms with van der Waals surface area (Å²) in [7, 11) is 0. The van der Waals surface area contributed by atoms with E-state index in [9.17, 15) is 9.59 Å². The topological polar surface area (TPSA) is 71.1 Å². The summed E-state index contributed by atoms with van der Waals surface area (Å²) in [5.41, 5.74) is 3.46. The summed E-state index contributed by atoms with van der Waals surface area (Å²) in [5.74, 6) is 0.848. The maximum atomic E-state index is 12.5. The molecule has 224 valence electrons. The van der Waals surface area contributed by atoms with Gasteiger partial charge in [0.1, 0.15) is 11.5 Å². The molecule has 0 bridgehead atoms. The van der Waals surface area contributed by atoms with Crippen LogP contribution >= 0.6 is 63.7 Å².